The lowest BCUT2D eigenvalue weighted by molar-refractivity contribution is 0.0414. The van der Waals surface area contributed by atoms with Gasteiger partial charge in [-0.3, -0.25) is 9.78 Å². The first-order chi connectivity index (χ1) is 15.9. The van der Waals surface area contributed by atoms with Crippen LogP contribution in [-0.4, -0.2) is 59.1 Å². The third-order valence-corrected chi connectivity index (χ3v) is 7.05. The van der Waals surface area contributed by atoms with Crippen LogP contribution in [0, 0.1) is 18.3 Å². The van der Waals surface area contributed by atoms with Crippen LogP contribution in [0.1, 0.15) is 54.7 Å². The lowest BCUT2D eigenvalue weighted by Gasteiger charge is -2.39. The number of hydrogen-bond acceptors (Lipinski definition) is 4. The maximum absolute atomic E-state index is 13.3. The number of hydrogen-bond donors (Lipinski definition) is 0. The van der Waals surface area contributed by atoms with Crippen molar-refractivity contribution >= 4 is 34.5 Å². The van der Waals surface area contributed by atoms with E-state index >= 15 is 0 Å². The van der Waals surface area contributed by atoms with E-state index in [1.807, 2.05) is 36.9 Å². The highest BCUT2D eigenvalue weighted by Gasteiger charge is 2.31. The van der Waals surface area contributed by atoms with E-state index in [1.54, 1.807) is 4.90 Å². The molecule has 1 unspecified atom stereocenters. The number of benzene rings is 1. The molecular formula is C26H30ClN3O3. The van der Waals surface area contributed by atoms with Crippen LogP contribution in [0.25, 0.3) is 10.9 Å². The van der Waals surface area contributed by atoms with Crippen molar-refractivity contribution in [3.8, 4) is 12.3 Å². The van der Waals surface area contributed by atoms with Crippen molar-refractivity contribution in [2.45, 2.75) is 52.0 Å². The second-order valence-corrected chi connectivity index (χ2v) is 9.39. The SMILES string of the molecule is C#CCC1CCc2c(nc3cc(C(=O)N4CCN(C(=O)OCCC)C[C@@H]4C)ccc3c2Cl)C1. The van der Waals surface area contributed by atoms with Crippen LogP contribution in [0.3, 0.4) is 0 Å². The predicted octanol–water partition coefficient (Wildman–Crippen LogP) is 4.71. The highest BCUT2D eigenvalue weighted by molar-refractivity contribution is 6.36. The maximum atomic E-state index is 13.3. The molecule has 1 fully saturated rings. The molecule has 4 rings (SSSR count). The summed E-state index contributed by atoms with van der Waals surface area (Å²) in [6.45, 7) is 5.70. The van der Waals surface area contributed by atoms with Crippen molar-refractivity contribution < 1.29 is 14.3 Å². The van der Waals surface area contributed by atoms with Gasteiger partial charge in [-0.05, 0) is 56.2 Å². The van der Waals surface area contributed by atoms with Gasteiger partial charge in [-0.25, -0.2) is 4.79 Å². The normalized spacial score (nSPS) is 20.3. The highest BCUT2D eigenvalue weighted by atomic mass is 35.5. The second kappa shape index (κ2) is 10.0. The van der Waals surface area contributed by atoms with E-state index < -0.39 is 0 Å². The minimum atomic E-state index is -0.312. The van der Waals surface area contributed by atoms with Crippen molar-refractivity contribution in [3.63, 3.8) is 0 Å². The minimum Gasteiger partial charge on any atom is -0.449 e. The summed E-state index contributed by atoms with van der Waals surface area (Å²) < 4.78 is 5.24. The number of piperazine rings is 1. The summed E-state index contributed by atoms with van der Waals surface area (Å²) in [4.78, 5) is 33.9. The summed E-state index contributed by atoms with van der Waals surface area (Å²) in [6, 6.07) is 5.45. The third kappa shape index (κ3) is 4.79. The third-order valence-electron chi connectivity index (χ3n) is 6.62. The maximum Gasteiger partial charge on any atom is 0.409 e. The fourth-order valence-corrected chi connectivity index (χ4v) is 5.17. The number of carbonyl (C=O) groups excluding carboxylic acids is 2. The summed E-state index contributed by atoms with van der Waals surface area (Å²) in [5.74, 6) is 3.12. The fourth-order valence-electron chi connectivity index (χ4n) is 4.80. The molecule has 6 nitrogen and oxygen atoms in total. The number of carbonyl (C=O) groups is 2. The van der Waals surface area contributed by atoms with Gasteiger partial charge in [-0.2, -0.15) is 0 Å². The van der Waals surface area contributed by atoms with Gasteiger partial charge in [0.05, 0.1) is 17.1 Å². The highest BCUT2D eigenvalue weighted by Crippen LogP contribution is 2.35. The van der Waals surface area contributed by atoms with Crippen LogP contribution in [-0.2, 0) is 17.6 Å². The Morgan fingerprint density at radius 2 is 2.15 bits per heavy atom. The molecule has 0 saturated carbocycles. The molecule has 1 saturated heterocycles. The molecule has 33 heavy (non-hydrogen) atoms. The number of amides is 2. The van der Waals surface area contributed by atoms with E-state index in [0.717, 1.165) is 59.3 Å². The molecule has 2 heterocycles. The number of ether oxygens (including phenoxy) is 1. The van der Waals surface area contributed by atoms with Crippen LogP contribution >= 0.6 is 11.6 Å². The summed E-state index contributed by atoms with van der Waals surface area (Å²) in [7, 11) is 0. The van der Waals surface area contributed by atoms with Gasteiger partial charge in [0, 0.05) is 48.7 Å². The Balaban J connectivity index is 1.53. The zero-order valence-corrected chi connectivity index (χ0v) is 20.0. The topological polar surface area (TPSA) is 62.7 Å². The molecule has 1 aliphatic carbocycles. The smallest absolute Gasteiger partial charge is 0.409 e. The Bertz CT molecular complexity index is 1110. The molecule has 1 aliphatic heterocycles. The lowest BCUT2D eigenvalue weighted by Crippen LogP contribution is -2.55. The number of pyridine rings is 1. The zero-order chi connectivity index (χ0) is 23.5. The van der Waals surface area contributed by atoms with E-state index in [1.165, 1.54) is 0 Å². The van der Waals surface area contributed by atoms with E-state index in [9.17, 15) is 9.59 Å². The van der Waals surface area contributed by atoms with Gasteiger partial charge in [-0.15, -0.1) is 12.3 Å². The van der Waals surface area contributed by atoms with Crippen molar-refractivity contribution in [1.29, 1.82) is 0 Å². The van der Waals surface area contributed by atoms with E-state index in [4.69, 9.17) is 27.7 Å². The number of rotatable bonds is 4. The summed E-state index contributed by atoms with van der Waals surface area (Å²) in [5.41, 5.74) is 3.42. The molecule has 0 radical (unpaired) electrons. The zero-order valence-electron chi connectivity index (χ0n) is 19.3. The molecule has 2 atom stereocenters. The molecule has 0 N–H and O–H groups in total. The number of halogens is 1. The number of fused-ring (bicyclic) bond motifs is 2. The Morgan fingerprint density at radius 3 is 2.88 bits per heavy atom. The summed E-state index contributed by atoms with van der Waals surface area (Å²) >= 11 is 6.74. The van der Waals surface area contributed by atoms with Crippen LogP contribution in [0.4, 0.5) is 4.79 Å². The molecule has 2 aromatic rings. The van der Waals surface area contributed by atoms with Gasteiger partial charge in [-0.1, -0.05) is 24.6 Å². The number of terminal acetylenes is 1. The Morgan fingerprint density at radius 1 is 1.33 bits per heavy atom. The number of aromatic nitrogens is 1. The van der Waals surface area contributed by atoms with E-state index in [-0.39, 0.29) is 18.0 Å². The molecular weight excluding hydrogens is 438 g/mol. The standard InChI is InChI=1S/C26H30ClN3O3/c1-4-6-18-7-9-20-22(14-18)28-23-15-19(8-10-21(23)24(20)27)25(31)30-12-11-29(16-17(30)3)26(32)33-13-5-2/h1,8,10,15,17-18H,5-7,9,11-14,16H2,2-3H3/t17-,18?/m0/s1. The molecule has 174 valence electrons. The Labute approximate surface area is 200 Å². The molecule has 0 bridgehead atoms. The minimum absolute atomic E-state index is 0.0631. The van der Waals surface area contributed by atoms with Crippen molar-refractivity contribution in [3.05, 3.63) is 40.0 Å². The number of nitrogens with zero attached hydrogens (tertiary/aromatic N) is 3. The van der Waals surface area contributed by atoms with Gasteiger partial charge >= 0.3 is 6.09 Å². The van der Waals surface area contributed by atoms with Gasteiger partial charge in [0.1, 0.15) is 0 Å². The quantitative estimate of drug-likeness (QED) is 0.611. The average molecular weight is 468 g/mol. The monoisotopic (exact) mass is 467 g/mol. The first-order valence-corrected chi connectivity index (χ1v) is 12.1. The van der Waals surface area contributed by atoms with Gasteiger partial charge in [0.2, 0.25) is 0 Å². The van der Waals surface area contributed by atoms with Crippen molar-refractivity contribution in [2.75, 3.05) is 26.2 Å². The molecule has 7 heteroatoms. The molecule has 1 aromatic heterocycles. The second-order valence-electron chi connectivity index (χ2n) is 9.01. The van der Waals surface area contributed by atoms with E-state index in [2.05, 4.69) is 5.92 Å². The van der Waals surface area contributed by atoms with Gasteiger partial charge in [0.15, 0.2) is 0 Å². The Hall–Kier alpha value is -2.78. The van der Waals surface area contributed by atoms with Crippen LogP contribution in [0.15, 0.2) is 18.2 Å². The van der Waals surface area contributed by atoms with Crippen LogP contribution < -0.4 is 0 Å². The lowest BCUT2D eigenvalue weighted by atomic mass is 9.84. The molecule has 2 aliphatic rings. The van der Waals surface area contributed by atoms with Gasteiger partial charge in [0.25, 0.3) is 5.91 Å². The van der Waals surface area contributed by atoms with E-state index in [0.29, 0.717) is 37.7 Å². The summed E-state index contributed by atoms with van der Waals surface area (Å²) in [5, 5.41) is 1.61. The first kappa shape index (κ1) is 23.4. The molecule has 2 amide bonds. The first-order valence-electron chi connectivity index (χ1n) is 11.7. The Kier molecular flexibility index (Phi) is 7.09. The van der Waals surface area contributed by atoms with Crippen LogP contribution in [0.5, 0.6) is 0 Å². The summed E-state index contributed by atoms with van der Waals surface area (Å²) in [6.07, 6.45) is 9.45. The largest absolute Gasteiger partial charge is 0.449 e. The average Bonchev–Trinajstić information content (AvgIpc) is 2.82. The molecule has 0 spiro atoms. The predicted molar refractivity (Wildman–Crippen MR) is 129 cm³/mol. The van der Waals surface area contributed by atoms with Crippen molar-refractivity contribution in [2.24, 2.45) is 5.92 Å². The van der Waals surface area contributed by atoms with Crippen LogP contribution in [0.2, 0.25) is 5.02 Å². The fraction of sp³-hybridized carbons (Fsp3) is 0.500. The van der Waals surface area contributed by atoms with Crippen molar-refractivity contribution in [1.82, 2.24) is 14.8 Å². The van der Waals surface area contributed by atoms with Gasteiger partial charge < -0.3 is 14.5 Å². The molecule has 1 aromatic carbocycles.